The molecule has 1 unspecified atom stereocenters. The van der Waals surface area contributed by atoms with Crippen molar-refractivity contribution in [1.29, 1.82) is 0 Å². The van der Waals surface area contributed by atoms with Crippen LogP contribution in [-0.4, -0.2) is 0 Å². The molecule has 0 aromatic heterocycles. The second-order valence-electron chi connectivity index (χ2n) is 5.12. The largest absolute Gasteiger partial charge is 0.271 e. The third-order valence-corrected chi connectivity index (χ3v) is 3.78. The van der Waals surface area contributed by atoms with Gasteiger partial charge in [0.15, 0.2) is 0 Å². The molecular weight excluding hydrogens is 268 g/mol. The Balaban J connectivity index is 2.38. The van der Waals surface area contributed by atoms with Gasteiger partial charge in [-0.05, 0) is 41.7 Å². The van der Waals surface area contributed by atoms with Crippen molar-refractivity contribution in [3.8, 4) is 0 Å². The Bertz CT molecular complexity index is 581. The van der Waals surface area contributed by atoms with Crippen LogP contribution < -0.4 is 11.3 Å². The molecule has 2 rings (SSSR count). The van der Waals surface area contributed by atoms with Crippen LogP contribution in [0, 0.1) is 6.92 Å². The Morgan fingerprint density at radius 2 is 2.00 bits per heavy atom. The summed E-state index contributed by atoms with van der Waals surface area (Å²) in [5.74, 6) is 5.76. The Hall–Kier alpha value is -1.35. The molecule has 3 N–H and O–H groups in total. The lowest BCUT2D eigenvalue weighted by Crippen LogP contribution is -2.29. The van der Waals surface area contributed by atoms with Crippen molar-refractivity contribution >= 4 is 11.6 Å². The second kappa shape index (κ2) is 6.89. The van der Waals surface area contributed by atoms with E-state index in [0.717, 1.165) is 34.6 Å². The number of hydrogen-bond donors (Lipinski definition) is 2. The molecule has 2 nitrogen and oxygen atoms in total. The highest BCUT2D eigenvalue weighted by Gasteiger charge is 2.15. The number of nitrogens with one attached hydrogen (secondary N) is 1. The van der Waals surface area contributed by atoms with Crippen LogP contribution >= 0.6 is 11.6 Å². The van der Waals surface area contributed by atoms with Crippen LogP contribution in [0.3, 0.4) is 0 Å². The predicted molar refractivity (Wildman–Crippen MR) is 85.8 cm³/mol. The van der Waals surface area contributed by atoms with E-state index in [-0.39, 0.29) is 6.04 Å². The van der Waals surface area contributed by atoms with E-state index in [9.17, 15) is 0 Å². The number of halogens is 1. The van der Waals surface area contributed by atoms with E-state index in [1.807, 2.05) is 19.1 Å². The van der Waals surface area contributed by atoms with Gasteiger partial charge in [-0.2, -0.15) is 0 Å². The lowest BCUT2D eigenvalue weighted by Gasteiger charge is -2.19. The van der Waals surface area contributed by atoms with Gasteiger partial charge in [-0.3, -0.25) is 5.84 Å². The van der Waals surface area contributed by atoms with Gasteiger partial charge in [0.05, 0.1) is 6.04 Å². The zero-order chi connectivity index (χ0) is 14.5. The summed E-state index contributed by atoms with van der Waals surface area (Å²) in [6.07, 6.45) is 2.21. The molecule has 20 heavy (non-hydrogen) atoms. The molecule has 0 amide bonds. The van der Waals surface area contributed by atoms with Gasteiger partial charge in [0.25, 0.3) is 0 Å². The SMILES string of the molecule is CCCc1cccc(C(NN)c2ccc(C)cc2Cl)c1. The molecule has 0 bridgehead atoms. The van der Waals surface area contributed by atoms with Gasteiger partial charge in [-0.1, -0.05) is 61.3 Å². The first-order valence-electron chi connectivity index (χ1n) is 6.96. The van der Waals surface area contributed by atoms with Crippen molar-refractivity contribution in [1.82, 2.24) is 5.43 Å². The van der Waals surface area contributed by atoms with Crippen LogP contribution in [0.25, 0.3) is 0 Å². The molecular formula is C17H21ClN2. The van der Waals surface area contributed by atoms with E-state index in [2.05, 4.69) is 42.7 Å². The first-order valence-corrected chi connectivity index (χ1v) is 7.34. The molecule has 106 valence electrons. The fraction of sp³-hybridized carbons (Fsp3) is 0.294. The number of hydrazine groups is 1. The van der Waals surface area contributed by atoms with Crippen LogP contribution in [0.15, 0.2) is 42.5 Å². The van der Waals surface area contributed by atoms with Crippen LogP contribution in [0.4, 0.5) is 0 Å². The van der Waals surface area contributed by atoms with E-state index in [0.29, 0.717) is 0 Å². The minimum absolute atomic E-state index is 0.0834. The second-order valence-corrected chi connectivity index (χ2v) is 5.53. The van der Waals surface area contributed by atoms with Crippen molar-refractivity contribution in [2.45, 2.75) is 32.7 Å². The van der Waals surface area contributed by atoms with E-state index >= 15 is 0 Å². The van der Waals surface area contributed by atoms with Crippen molar-refractivity contribution in [3.05, 3.63) is 69.7 Å². The third-order valence-electron chi connectivity index (χ3n) is 3.46. The molecule has 1 atom stereocenters. The molecule has 0 aliphatic rings. The molecule has 0 saturated carbocycles. The van der Waals surface area contributed by atoms with Gasteiger partial charge < -0.3 is 0 Å². The van der Waals surface area contributed by atoms with Crippen molar-refractivity contribution in [2.24, 2.45) is 5.84 Å². The maximum absolute atomic E-state index is 6.36. The molecule has 0 aliphatic heterocycles. The Kier molecular flexibility index (Phi) is 5.18. The van der Waals surface area contributed by atoms with E-state index < -0.39 is 0 Å². The van der Waals surface area contributed by atoms with Gasteiger partial charge >= 0.3 is 0 Å². The highest BCUT2D eigenvalue weighted by molar-refractivity contribution is 6.31. The third kappa shape index (κ3) is 3.40. The number of rotatable bonds is 5. The average Bonchev–Trinajstić information content (AvgIpc) is 2.43. The summed E-state index contributed by atoms with van der Waals surface area (Å²) in [6, 6.07) is 14.5. The Labute approximate surface area is 125 Å². The van der Waals surface area contributed by atoms with Crippen LogP contribution in [0.1, 0.15) is 41.6 Å². The summed E-state index contributed by atoms with van der Waals surface area (Å²) in [6.45, 7) is 4.21. The molecule has 0 fully saturated rings. The topological polar surface area (TPSA) is 38.0 Å². The zero-order valence-corrected chi connectivity index (χ0v) is 12.7. The van der Waals surface area contributed by atoms with Gasteiger partial charge in [-0.25, -0.2) is 5.43 Å². The van der Waals surface area contributed by atoms with Crippen LogP contribution in [0.2, 0.25) is 5.02 Å². The predicted octanol–water partition coefficient (Wildman–Crippen LogP) is 4.15. The zero-order valence-electron chi connectivity index (χ0n) is 12.0. The molecule has 0 spiro atoms. The summed E-state index contributed by atoms with van der Waals surface area (Å²) >= 11 is 6.36. The van der Waals surface area contributed by atoms with Gasteiger partial charge in [-0.15, -0.1) is 0 Å². The normalized spacial score (nSPS) is 12.4. The standard InChI is InChI=1S/C17H21ClN2/c1-3-5-13-6-4-7-14(11-13)17(20-19)15-9-8-12(2)10-16(15)18/h4,6-11,17,20H,3,5,19H2,1-2H3. The summed E-state index contributed by atoms with van der Waals surface area (Å²) in [5.41, 5.74) is 7.51. The fourth-order valence-electron chi connectivity index (χ4n) is 2.45. The van der Waals surface area contributed by atoms with Crippen LogP contribution in [-0.2, 0) is 6.42 Å². The molecule has 3 heteroatoms. The Morgan fingerprint density at radius 3 is 2.65 bits per heavy atom. The maximum Gasteiger partial charge on any atom is 0.0724 e. The first kappa shape index (κ1) is 15.0. The monoisotopic (exact) mass is 288 g/mol. The number of benzene rings is 2. The quantitative estimate of drug-likeness (QED) is 0.640. The molecule has 0 saturated heterocycles. The fourth-order valence-corrected chi connectivity index (χ4v) is 2.79. The summed E-state index contributed by atoms with van der Waals surface area (Å²) in [7, 11) is 0. The molecule has 0 radical (unpaired) electrons. The van der Waals surface area contributed by atoms with Gasteiger partial charge in [0.2, 0.25) is 0 Å². The summed E-state index contributed by atoms with van der Waals surface area (Å²) in [5, 5.41) is 0.744. The van der Waals surface area contributed by atoms with Crippen LogP contribution in [0.5, 0.6) is 0 Å². The number of aryl methyl sites for hydroxylation is 2. The average molecular weight is 289 g/mol. The lowest BCUT2D eigenvalue weighted by atomic mass is 9.96. The summed E-state index contributed by atoms with van der Waals surface area (Å²) < 4.78 is 0. The highest BCUT2D eigenvalue weighted by Crippen LogP contribution is 2.29. The summed E-state index contributed by atoms with van der Waals surface area (Å²) in [4.78, 5) is 0. The maximum atomic E-state index is 6.36. The first-order chi connectivity index (χ1) is 9.65. The lowest BCUT2D eigenvalue weighted by molar-refractivity contribution is 0.636. The molecule has 0 aliphatic carbocycles. The van der Waals surface area contributed by atoms with Crippen molar-refractivity contribution < 1.29 is 0 Å². The van der Waals surface area contributed by atoms with E-state index in [1.165, 1.54) is 5.56 Å². The minimum atomic E-state index is -0.0834. The van der Waals surface area contributed by atoms with E-state index in [4.69, 9.17) is 17.4 Å². The molecule has 2 aromatic rings. The smallest absolute Gasteiger partial charge is 0.0724 e. The molecule has 2 aromatic carbocycles. The minimum Gasteiger partial charge on any atom is -0.271 e. The van der Waals surface area contributed by atoms with Gasteiger partial charge in [0, 0.05) is 5.02 Å². The van der Waals surface area contributed by atoms with E-state index in [1.54, 1.807) is 0 Å². The number of nitrogens with two attached hydrogens (primary N) is 1. The van der Waals surface area contributed by atoms with Gasteiger partial charge in [0.1, 0.15) is 0 Å². The van der Waals surface area contributed by atoms with Crippen molar-refractivity contribution in [3.63, 3.8) is 0 Å². The molecule has 0 heterocycles. The Morgan fingerprint density at radius 1 is 1.20 bits per heavy atom. The highest BCUT2D eigenvalue weighted by atomic mass is 35.5. The van der Waals surface area contributed by atoms with Crippen molar-refractivity contribution in [2.75, 3.05) is 0 Å². The number of hydrogen-bond acceptors (Lipinski definition) is 2.